The lowest BCUT2D eigenvalue weighted by molar-refractivity contribution is -0.136. The number of halogens is 1. The van der Waals surface area contributed by atoms with Gasteiger partial charge in [0.2, 0.25) is 5.91 Å². The van der Waals surface area contributed by atoms with Gasteiger partial charge >= 0.3 is 5.97 Å². The highest BCUT2D eigenvalue weighted by atomic mass is 35.5. The number of amides is 1. The molecule has 1 N–H and O–H groups in total. The Morgan fingerprint density at radius 1 is 1.05 bits per heavy atom. The zero-order valence-electron chi connectivity index (χ0n) is 22.6. The number of aromatic carboxylic acids is 1. The maximum atomic E-state index is 13.9. The van der Waals surface area contributed by atoms with Crippen molar-refractivity contribution < 1.29 is 24.3 Å². The van der Waals surface area contributed by atoms with Gasteiger partial charge in [-0.15, -0.1) is 5.10 Å². The molecule has 0 aliphatic carbocycles. The quantitative estimate of drug-likeness (QED) is 0.291. The van der Waals surface area contributed by atoms with Crippen LogP contribution < -0.4 is 0 Å². The van der Waals surface area contributed by atoms with Crippen molar-refractivity contribution in [1.29, 1.82) is 0 Å². The molecule has 3 aromatic carbocycles. The summed E-state index contributed by atoms with van der Waals surface area (Å²) < 4.78 is 1.45. The minimum atomic E-state index is -1.06. The van der Waals surface area contributed by atoms with Gasteiger partial charge in [0, 0.05) is 36.0 Å². The Hall–Kier alpha value is -4.96. The summed E-state index contributed by atoms with van der Waals surface area (Å²) in [7, 11) is 0. The summed E-state index contributed by atoms with van der Waals surface area (Å²) >= 11 is 6.23. The lowest BCUT2D eigenvalue weighted by Crippen LogP contribution is -2.43. The monoisotopic (exact) mass is 583 g/mol. The third kappa shape index (κ3) is 6.18. The second-order valence-corrected chi connectivity index (χ2v) is 10.4. The molecule has 2 heterocycles. The van der Waals surface area contributed by atoms with E-state index in [0.29, 0.717) is 33.8 Å². The molecule has 1 aliphatic heterocycles. The zero-order valence-corrected chi connectivity index (χ0v) is 23.4. The van der Waals surface area contributed by atoms with E-state index in [-0.39, 0.29) is 42.4 Å². The fourth-order valence-corrected chi connectivity index (χ4v) is 5.40. The zero-order chi connectivity index (χ0) is 29.8. The van der Waals surface area contributed by atoms with Gasteiger partial charge in [0.25, 0.3) is 0 Å². The fraction of sp³-hybridized carbons (Fsp3) is 0.194. The largest absolute Gasteiger partial charge is 0.478 e. The standard InChI is InChI=1S/C31H26ClN5O5/c1-19(38)15-22-3-2-4-26-25(22)13-14-36(30(26)28(39)16-20-5-7-21(8-6-20)31(41)42)29(40)12-9-23-17-24(32)10-11-27(23)37-18-33-34-35-37/h2-12,17-18,30H,13-16H2,1H3,(H,41,42)/b12-9+. The van der Waals surface area contributed by atoms with Gasteiger partial charge in [-0.05, 0) is 82.4 Å². The predicted molar refractivity (Wildman–Crippen MR) is 154 cm³/mol. The van der Waals surface area contributed by atoms with Crippen LogP contribution in [-0.2, 0) is 33.6 Å². The van der Waals surface area contributed by atoms with Crippen LogP contribution in [0.2, 0.25) is 5.02 Å². The molecule has 5 rings (SSSR count). The molecular formula is C31H26ClN5O5. The van der Waals surface area contributed by atoms with Crippen molar-refractivity contribution in [2.45, 2.75) is 32.2 Å². The number of tetrazole rings is 1. The molecule has 0 saturated carbocycles. The Morgan fingerprint density at radius 3 is 2.52 bits per heavy atom. The highest BCUT2D eigenvalue weighted by molar-refractivity contribution is 6.30. The molecule has 0 radical (unpaired) electrons. The highest BCUT2D eigenvalue weighted by Crippen LogP contribution is 2.34. The van der Waals surface area contributed by atoms with Crippen LogP contribution in [0.15, 0.2) is 73.1 Å². The number of carbonyl (C=O) groups excluding carboxylic acids is 3. The molecule has 0 bridgehead atoms. The number of ketones is 2. The Bertz CT molecular complexity index is 1700. The minimum Gasteiger partial charge on any atom is -0.478 e. The van der Waals surface area contributed by atoms with Crippen molar-refractivity contribution in [1.82, 2.24) is 25.1 Å². The van der Waals surface area contributed by atoms with E-state index in [2.05, 4.69) is 15.5 Å². The topological polar surface area (TPSA) is 135 Å². The van der Waals surface area contributed by atoms with Crippen molar-refractivity contribution >= 4 is 41.1 Å². The molecule has 4 aromatic rings. The molecule has 0 fully saturated rings. The molecule has 1 unspecified atom stereocenters. The number of nitrogens with zero attached hydrogens (tertiary/aromatic N) is 5. The van der Waals surface area contributed by atoms with Crippen LogP contribution in [0.3, 0.4) is 0 Å². The molecule has 212 valence electrons. The van der Waals surface area contributed by atoms with Gasteiger partial charge in [-0.2, -0.15) is 4.68 Å². The molecule has 1 aromatic heterocycles. The lowest BCUT2D eigenvalue weighted by Gasteiger charge is -2.37. The summed E-state index contributed by atoms with van der Waals surface area (Å²) in [5, 5.41) is 20.9. The van der Waals surface area contributed by atoms with Gasteiger partial charge in [-0.25, -0.2) is 4.79 Å². The number of aromatic nitrogens is 4. The van der Waals surface area contributed by atoms with E-state index in [1.54, 1.807) is 42.5 Å². The second-order valence-electron chi connectivity index (χ2n) is 9.98. The van der Waals surface area contributed by atoms with Crippen molar-refractivity contribution in [2.24, 2.45) is 0 Å². The Labute approximate surface area is 246 Å². The first-order valence-corrected chi connectivity index (χ1v) is 13.6. The van der Waals surface area contributed by atoms with E-state index < -0.39 is 12.0 Å². The number of hydrogen-bond donors (Lipinski definition) is 1. The van der Waals surface area contributed by atoms with Crippen LogP contribution in [0.5, 0.6) is 0 Å². The van der Waals surface area contributed by atoms with Crippen LogP contribution in [-0.4, -0.2) is 60.2 Å². The van der Waals surface area contributed by atoms with Gasteiger partial charge in [0.05, 0.1) is 11.3 Å². The van der Waals surface area contributed by atoms with Crippen LogP contribution >= 0.6 is 11.6 Å². The number of rotatable bonds is 9. The summed E-state index contributed by atoms with van der Waals surface area (Å²) in [6.07, 6.45) is 5.16. The maximum Gasteiger partial charge on any atom is 0.335 e. The van der Waals surface area contributed by atoms with E-state index >= 15 is 0 Å². The summed E-state index contributed by atoms with van der Waals surface area (Å²) in [5.41, 5.74) is 4.39. The minimum absolute atomic E-state index is 0.00569. The average Bonchev–Trinajstić information content (AvgIpc) is 3.50. The van der Waals surface area contributed by atoms with Crippen LogP contribution in [0, 0.1) is 0 Å². The normalized spacial score (nSPS) is 14.5. The van der Waals surface area contributed by atoms with Crippen LogP contribution in [0.1, 0.15) is 51.1 Å². The number of carboxylic acids is 1. The first-order chi connectivity index (χ1) is 20.2. The van der Waals surface area contributed by atoms with Crippen molar-refractivity contribution in [2.75, 3.05) is 6.54 Å². The van der Waals surface area contributed by atoms with E-state index in [0.717, 1.165) is 11.1 Å². The molecule has 10 nitrogen and oxygen atoms in total. The Balaban J connectivity index is 1.49. The molecule has 0 saturated heterocycles. The molecule has 1 amide bonds. The van der Waals surface area contributed by atoms with Gasteiger partial charge in [0.15, 0.2) is 5.78 Å². The SMILES string of the molecule is CC(=O)Cc1cccc2c1CCN(C(=O)/C=C/c1cc(Cl)ccc1-n1cnnn1)C2C(=O)Cc1ccc(C(=O)O)cc1. The maximum absolute atomic E-state index is 13.9. The summed E-state index contributed by atoms with van der Waals surface area (Å²) in [5.74, 6) is -1.65. The lowest BCUT2D eigenvalue weighted by atomic mass is 9.84. The van der Waals surface area contributed by atoms with Crippen molar-refractivity contribution in [3.05, 3.63) is 111 Å². The van der Waals surface area contributed by atoms with E-state index in [1.807, 2.05) is 12.1 Å². The highest BCUT2D eigenvalue weighted by Gasteiger charge is 2.36. The van der Waals surface area contributed by atoms with Gasteiger partial charge in [-0.3, -0.25) is 14.4 Å². The van der Waals surface area contributed by atoms with Crippen LogP contribution in [0.25, 0.3) is 11.8 Å². The Kier molecular flexibility index (Phi) is 8.35. The van der Waals surface area contributed by atoms with Gasteiger partial charge < -0.3 is 10.0 Å². The third-order valence-electron chi connectivity index (χ3n) is 7.12. The first-order valence-electron chi connectivity index (χ1n) is 13.2. The fourth-order valence-electron chi connectivity index (χ4n) is 5.22. The number of carboxylic acid groups (broad SMARTS) is 1. The number of benzene rings is 3. The van der Waals surface area contributed by atoms with Crippen molar-refractivity contribution in [3.63, 3.8) is 0 Å². The second kappa shape index (κ2) is 12.3. The number of carbonyl (C=O) groups is 4. The molecule has 1 atom stereocenters. The van der Waals surface area contributed by atoms with Gasteiger partial charge in [-0.1, -0.05) is 41.9 Å². The summed E-state index contributed by atoms with van der Waals surface area (Å²) in [6, 6.07) is 15.8. The van der Waals surface area contributed by atoms with Gasteiger partial charge in [0.1, 0.15) is 18.2 Å². The molecule has 1 aliphatic rings. The number of fused-ring (bicyclic) bond motifs is 1. The number of Topliss-reactive ketones (excluding diaryl/α,β-unsaturated/α-hetero) is 2. The van der Waals surface area contributed by atoms with Crippen molar-refractivity contribution in [3.8, 4) is 5.69 Å². The number of hydrogen-bond acceptors (Lipinski definition) is 7. The molecule has 11 heteroatoms. The summed E-state index contributed by atoms with van der Waals surface area (Å²) in [4.78, 5) is 52.3. The van der Waals surface area contributed by atoms with E-state index in [9.17, 15) is 24.3 Å². The smallest absolute Gasteiger partial charge is 0.335 e. The summed E-state index contributed by atoms with van der Waals surface area (Å²) in [6.45, 7) is 1.79. The van der Waals surface area contributed by atoms with E-state index in [1.165, 1.54) is 41.0 Å². The Morgan fingerprint density at radius 2 is 1.83 bits per heavy atom. The van der Waals surface area contributed by atoms with Crippen LogP contribution in [0.4, 0.5) is 0 Å². The first kappa shape index (κ1) is 28.6. The average molecular weight is 584 g/mol. The predicted octanol–water partition coefficient (Wildman–Crippen LogP) is 4.10. The molecular weight excluding hydrogens is 558 g/mol. The third-order valence-corrected chi connectivity index (χ3v) is 7.35. The van der Waals surface area contributed by atoms with E-state index in [4.69, 9.17) is 11.6 Å². The molecule has 42 heavy (non-hydrogen) atoms. The molecule has 0 spiro atoms.